The molecule has 2 atom stereocenters. The van der Waals surface area contributed by atoms with Crippen LogP contribution in [0.15, 0.2) is 54.6 Å². The number of para-hydroxylation sites is 1. The van der Waals surface area contributed by atoms with Crippen LogP contribution in [0.3, 0.4) is 0 Å². The molecule has 4 rings (SSSR count). The minimum absolute atomic E-state index is 0.0407. The van der Waals surface area contributed by atoms with E-state index in [1.807, 2.05) is 37.3 Å². The van der Waals surface area contributed by atoms with Gasteiger partial charge in [0, 0.05) is 19.3 Å². The monoisotopic (exact) mass is 543 g/mol. The molecular formula is C27H33N3O5S2. The predicted molar refractivity (Wildman–Crippen MR) is 145 cm³/mol. The van der Waals surface area contributed by atoms with Gasteiger partial charge in [0.2, 0.25) is 11.7 Å². The second kappa shape index (κ2) is 12.7. The van der Waals surface area contributed by atoms with E-state index < -0.39 is 27.8 Å². The summed E-state index contributed by atoms with van der Waals surface area (Å²) >= 11 is 1.30. The summed E-state index contributed by atoms with van der Waals surface area (Å²) < 4.78 is 32.5. The summed E-state index contributed by atoms with van der Waals surface area (Å²) in [6.45, 7) is 3.04. The van der Waals surface area contributed by atoms with E-state index >= 15 is 0 Å². The van der Waals surface area contributed by atoms with Gasteiger partial charge in [0.25, 0.3) is 0 Å². The number of nitrogens with one attached hydrogen (secondary N) is 2. The smallest absolute Gasteiger partial charge is 0.238 e. The summed E-state index contributed by atoms with van der Waals surface area (Å²) in [6, 6.07) is 14.6. The highest BCUT2D eigenvalue weighted by atomic mass is 32.2. The molecular weight excluding hydrogens is 510 g/mol. The molecule has 1 saturated heterocycles. The largest absolute Gasteiger partial charge is 0.381 e. The summed E-state index contributed by atoms with van der Waals surface area (Å²) in [7, 11) is -3.62. The fraction of sp³-hybridized carbons (Fsp3) is 0.444. The van der Waals surface area contributed by atoms with Crippen LogP contribution in [-0.4, -0.2) is 62.2 Å². The number of aromatic nitrogens is 1. The average Bonchev–Trinajstić information content (AvgIpc) is 3.33. The maximum Gasteiger partial charge on any atom is 0.238 e. The number of nitrogens with zero attached hydrogens (tertiary/aromatic N) is 1. The van der Waals surface area contributed by atoms with E-state index in [0.29, 0.717) is 49.5 Å². The van der Waals surface area contributed by atoms with Crippen LogP contribution in [0.25, 0.3) is 10.2 Å². The third kappa shape index (κ3) is 7.67. The van der Waals surface area contributed by atoms with Crippen molar-refractivity contribution in [3.8, 4) is 0 Å². The minimum Gasteiger partial charge on any atom is -0.381 e. The number of thiazole rings is 1. The minimum atomic E-state index is -3.62. The first-order chi connectivity index (χ1) is 17.8. The van der Waals surface area contributed by atoms with E-state index in [-0.39, 0.29) is 23.3 Å². The molecule has 1 aliphatic rings. The van der Waals surface area contributed by atoms with Gasteiger partial charge in [-0.15, -0.1) is 11.3 Å². The third-order valence-corrected chi connectivity index (χ3v) is 9.00. The molecule has 8 nitrogen and oxygen atoms in total. The average molecular weight is 544 g/mol. The van der Waals surface area contributed by atoms with Crippen molar-refractivity contribution in [1.82, 2.24) is 15.6 Å². The number of carbonyl (C=O) groups is 2. The van der Waals surface area contributed by atoms with Crippen LogP contribution in [0, 0.1) is 0 Å². The van der Waals surface area contributed by atoms with Gasteiger partial charge in [-0.3, -0.25) is 9.59 Å². The maximum absolute atomic E-state index is 13.5. The molecule has 198 valence electrons. The van der Waals surface area contributed by atoms with E-state index in [2.05, 4.69) is 15.6 Å². The second-order valence-electron chi connectivity index (χ2n) is 9.35. The zero-order valence-corrected chi connectivity index (χ0v) is 22.5. The fourth-order valence-electron chi connectivity index (χ4n) is 4.45. The molecule has 0 radical (unpaired) electrons. The second-order valence-corrected chi connectivity index (χ2v) is 12.5. The molecule has 1 amide bonds. The normalized spacial score (nSPS) is 16.4. The zero-order chi connectivity index (χ0) is 26.3. The number of hydrogen-bond donors (Lipinski definition) is 2. The van der Waals surface area contributed by atoms with Gasteiger partial charge in [-0.1, -0.05) is 55.8 Å². The maximum atomic E-state index is 13.5. The Hall–Kier alpha value is -2.66. The van der Waals surface area contributed by atoms with Crippen LogP contribution in [0.1, 0.15) is 48.0 Å². The Morgan fingerprint density at radius 2 is 1.76 bits per heavy atom. The highest BCUT2D eigenvalue weighted by Gasteiger charge is 2.32. The molecule has 1 unspecified atom stereocenters. The van der Waals surface area contributed by atoms with Gasteiger partial charge < -0.3 is 15.4 Å². The van der Waals surface area contributed by atoms with Crippen molar-refractivity contribution >= 4 is 43.1 Å². The highest BCUT2D eigenvalue weighted by molar-refractivity contribution is 7.90. The topological polar surface area (TPSA) is 114 Å². The number of sulfone groups is 1. The van der Waals surface area contributed by atoms with E-state index in [1.165, 1.54) is 11.3 Å². The number of amides is 1. The van der Waals surface area contributed by atoms with Crippen molar-refractivity contribution < 1.29 is 22.7 Å². The Balaban J connectivity index is 1.51. The van der Waals surface area contributed by atoms with Crippen LogP contribution < -0.4 is 10.6 Å². The number of fused-ring (bicyclic) bond motifs is 1. The zero-order valence-electron chi connectivity index (χ0n) is 20.9. The van der Waals surface area contributed by atoms with Gasteiger partial charge >= 0.3 is 0 Å². The lowest BCUT2D eigenvalue weighted by atomic mass is 10.1. The number of carbonyl (C=O) groups excluding carboxylic acids is 2. The summed E-state index contributed by atoms with van der Waals surface area (Å²) in [5, 5.41) is 6.44. The van der Waals surface area contributed by atoms with Crippen molar-refractivity contribution in [2.24, 2.45) is 0 Å². The standard InChI is InChI=1S/C27H33N3O5S2/c1-2-8-22(25(31)27-30-21-11-6-7-12-24(21)36-27)29-26(32)23(28-20-13-15-35-16-14-20)18-37(33,34)17-19-9-4-3-5-10-19/h3-7,9-12,20,22-23,28H,2,8,13-18H2,1H3,(H,29,32)/t22?,23-/m0/s1. The van der Waals surface area contributed by atoms with E-state index in [9.17, 15) is 18.0 Å². The molecule has 2 heterocycles. The van der Waals surface area contributed by atoms with Gasteiger partial charge in [-0.2, -0.15) is 0 Å². The highest BCUT2D eigenvalue weighted by Crippen LogP contribution is 2.23. The Morgan fingerprint density at radius 3 is 2.46 bits per heavy atom. The van der Waals surface area contributed by atoms with Crippen molar-refractivity contribution in [3.63, 3.8) is 0 Å². The van der Waals surface area contributed by atoms with E-state index in [4.69, 9.17) is 4.74 Å². The molecule has 3 aromatic rings. The third-order valence-electron chi connectivity index (χ3n) is 6.34. The molecule has 1 fully saturated rings. The lowest BCUT2D eigenvalue weighted by Crippen LogP contribution is -2.55. The van der Waals surface area contributed by atoms with Gasteiger partial charge in [0.15, 0.2) is 14.8 Å². The number of ketones is 1. The summed E-state index contributed by atoms with van der Waals surface area (Å²) in [4.78, 5) is 31.3. The quantitative estimate of drug-likeness (QED) is 0.336. The SMILES string of the molecule is CCCC(NC(=O)[C@H](CS(=O)(=O)Cc1ccccc1)NC1CCOCC1)C(=O)c1nc2ccccc2s1. The van der Waals surface area contributed by atoms with Crippen molar-refractivity contribution in [2.45, 2.75) is 56.5 Å². The Labute approximate surface area is 221 Å². The Bertz CT molecular complexity index is 1270. The first kappa shape index (κ1) is 27.4. The van der Waals surface area contributed by atoms with Gasteiger partial charge in [0.05, 0.1) is 27.8 Å². The van der Waals surface area contributed by atoms with Gasteiger partial charge in [-0.05, 0) is 37.0 Å². The van der Waals surface area contributed by atoms with Gasteiger partial charge in [-0.25, -0.2) is 13.4 Å². The van der Waals surface area contributed by atoms with Crippen molar-refractivity contribution in [3.05, 3.63) is 65.2 Å². The Morgan fingerprint density at radius 1 is 1.05 bits per heavy atom. The molecule has 0 aliphatic carbocycles. The van der Waals surface area contributed by atoms with Crippen LogP contribution in [0.5, 0.6) is 0 Å². The first-order valence-electron chi connectivity index (χ1n) is 12.6. The lowest BCUT2D eigenvalue weighted by Gasteiger charge is -2.29. The van der Waals surface area contributed by atoms with Crippen LogP contribution >= 0.6 is 11.3 Å². The molecule has 10 heteroatoms. The predicted octanol–water partition coefficient (Wildman–Crippen LogP) is 3.52. The van der Waals surface area contributed by atoms with Crippen molar-refractivity contribution in [2.75, 3.05) is 19.0 Å². The van der Waals surface area contributed by atoms with Crippen molar-refractivity contribution in [1.29, 1.82) is 0 Å². The molecule has 1 aromatic heterocycles. The number of Topliss-reactive ketones (excluding diaryl/α,β-unsaturated/α-hetero) is 1. The molecule has 1 aliphatic heterocycles. The number of ether oxygens (including phenoxy) is 1. The molecule has 0 spiro atoms. The lowest BCUT2D eigenvalue weighted by molar-refractivity contribution is -0.123. The van der Waals surface area contributed by atoms with Crippen LogP contribution in [0.2, 0.25) is 0 Å². The van der Waals surface area contributed by atoms with Crippen LogP contribution in [-0.2, 0) is 25.1 Å². The van der Waals surface area contributed by atoms with E-state index in [1.54, 1.807) is 24.3 Å². The van der Waals surface area contributed by atoms with Crippen LogP contribution in [0.4, 0.5) is 0 Å². The summed E-state index contributed by atoms with van der Waals surface area (Å²) in [5.41, 5.74) is 1.41. The molecule has 37 heavy (non-hydrogen) atoms. The fourth-order valence-corrected chi connectivity index (χ4v) is 6.98. The summed E-state index contributed by atoms with van der Waals surface area (Å²) in [6.07, 6.45) is 2.48. The molecule has 2 N–H and O–H groups in total. The van der Waals surface area contributed by atoms with E-state index in [0.717, 1.165) is 10.2 Å². The Kier molecular flexibility index (Phi) is 9.42. The number of hydrogen-bond acceptors (Lipinski definition) is 8. The summed E-state index contributed by atoms with van der Waals surface area (Å²) in [5.74, 6) is -1.26. The van der Waals surface area contributed by atoms with Gasteiger partial charge in [0.1, 0.15) is 6.04 Å². The molecule has 0 bridgehead atoms. The number of benzene rings is 2. The molecule has 2 aromatic carbocycles. The number of rotatable bonds is 12. The molecule has 0 saturated carbocycles. The first-order valence-corrected chi connectivity index (χ1v) is 15.3.